The summed E-state index contributed by atoms with van der Waals surface area (Å²) in [6, 6.07) is 2.08. The Morgan fingerprint density at radius 3 is 2.52 bits per heavy atom. The Hall–Kier alpha value is -0.820. The van der Waals surface area contributed by atoms with Gasteiger partial charge in [0.05, 0.1) is 6.10 Å². The van der Waals surface area contributed by atoms with Crippen molar-refractivity contribution in [2.75, 3.05) is 19.6 Å². The number of likely N-dealkylation sites (tertiary alicyclic amines) is 1. The number of rotatable bonds is 3. The van der Waals surface area contributed by atoms with Gasteiger partial charge in [0.2, 0.25) is 0 Å². The minimum atomic E-state index is -0.271. The predicted molar refractivity (Wildman–Crippen MR) is 93.2 cm³/mol. The van der Waals surface area contributed by atoms with E-state index in [1.807, 2.05) is 22.8 Å². The Morgan fingerprint density at radius 2 is 2.00 bits per heavy atom. The van der Waals surface area contributed by atoms with Crippen LogP contribution < -0.4 is 5.73 Å². The highest BCUT2D eigenvalue weighted by atomic mass is 35.5. The first kappa shape index (κ1) is 20.2. The summed E-state index contributed by atoms with van der Waals surface area (Å²) in [5, 5.41) is 4.23. The number of nitrogens with two attached hydrogens (primary N) is 1. The lowest BCUT2D eigenvalue weighted by Crippen LogP contribution is -2.44. The number of amides is 1. The van der Waals surface area contributed by atoms with Crippen molar-refractivity contribution in [1.82, 2.24) is 14.7 Å². The van der Waals surface area contributed by atoms with Crippen LogP contribution in [0, 0.1) is 0 Å². The Kier molecular flexibility index (Phi) is 7.80. The van der Waals surface area contributed by atoms with Gasteiger partial charge in [0, 0.05) is 44.5 Å². The topological polar surface area (TPSA) is 73.4 Å². The monoisotopic (exact) mass is 364 g/mol. The van der Waals surface area contributed by atoms with E-state index in [9.17, 15) is 4.79 Å². The molecule has 3 rings (SSSR count). The molecule has 8 heteroatoms. The SMILES string of the molecule is Cl.Cl.Cn1nccc1C1CCN(C(=O)[C@@H]2CC[C@H](CN)O2)CC1. The van der Waals surface area contributed by atoms with Crippen molar-refractivity contribution < 1.29 is 9.53 Å². The van der Waals surface area contributed by atoms with Crippen LogP contribution in [0.3, 0.4) is 0 Å². The fourth-order valence-corrected chi connectivity index (χ4v) is 3.44. The molecule has 0 saturated carbocycles. The first-order chi connectivity index (χ1) is 10.2. The van der Waals surface area contributed by atoms with Crippen LogP contribution in [-0.4, -0.2) is 52.4 Å². The Balaban J connectivity index is 0.00000132. The molecule has 2 aliphatic rings. The van der Waals surface area contributed by atoms with Crippen molar-refractivity contribution in [1.29, 1.82) is 0 Å². The number of hydrogen-bond donors (Lipinski definition) is 1. The first-order valence-electron chi connectivity index (χ1n) is 7.81. The van der Waals surface area contributed by atoms with Gasteiger partial charge in [-0.2, -0.15) is 5.10 Å². The van der Waals surface area contributed by atoms with Gasteiger partial charge >= 0.3 is 0 Å². The molecule has 0 aliphatic carbocycles. The molecule has 0 radical (unpaired) electrons. The summed E-state index contributed by atoms with van der Waals surface area (Å²) in [5.41, 5.74) is 6.87. The Labute approximate surface area is 149 Å². The zero-order valence-corrected chi connectivity index (χ0v) is 15.0. The van der Waals surface area contributed by atoms with Gasteiger partial charge in [-0.25, -0.2) is 0 Å². The van der Waals surface area contributed by atoms with Gasteiger partial charge in [-0.3, -0.25) is 9.48 Å². The minimum Gasteiger partial charge on any atom is -0.364 e. The van der Waals surface area contributed by atoms with Crippen LogP contribution in [0.1, 0.15) is 37.3 Å². The second kappa shape index (κ2) is 8.87. The number of carbonyl (C=O) groups excluding carboxylic acids is 1. The molecule has 132 valence electrons. The van der Waals surface area contributed by atoms with Crippen molar-refractivity contribution in [3.63, 3.8) is 0 Å². The van der Waals surface area contributed by atoms with Crippen LogP contribution >= 0.6 is 24.8 Å². The number of ether oxygens (including phenoxy) is 1. The van der Waals surface area contributed by atoms with Gasteiger partial charge in [-0.15, -0.1) is 24.8 Å². The van der Waals surface area contributed by atoms with E-state index in [1.165, 1.54) is 5.69 Å². The molecule has 0 bridgehead atoms. The van der Waals surface area contributed by atoms with Gasteiger partial charge in [0.15, 0.2) is 0 Å². The van der Waals surface area contributed by atoms with Gasteiger partial charge in [-0.05, 0) is 31.7 Å². The van der Waals surface area contributed by atoms with E-state index in [1.54, 1.807) is 0 Å². The first-order valence-corrected chi connectivity index (χ1v) is 7.81. The van der Waals surface area contributed by atoms with Crippen LogP contribution in [0.4, 0.5) is 0 Å². The van der Waals surface area contributed by atoms with E-state index in [-0.39, 0.29) is 42.9 Å². The average Bonchev–Trinajstić information content (AvgIpc) is 3.15. The van der Waals surface area contributed by atoms with Crippen molar-refractivity contribution in [3.8, 4) is 0 Å². The third kappa shape index (κ3) is 4.38. The van der Waals surface area contributed by atoms with E-state index in [0.29, 0.717) is 12.5 Å². The lowest BCUT2D eigenvalue weighted by atomic mass is 9.93. The highest BCUT2D eigenvalue weighted by Crippen LogP contribution is 2.29. The molecule has 2 saturated heterocycles. The highest BCUT2D eigenvalue weighted by molar-refractivity contribution is 5.85. The molecule has 0 aromatic carbocycles. The van der Waals surface area contributed by atoms with E-state index < -0.39 is 0 Å². The normalized spacial score (nSPS) is 24.9. The molecule has 1 amide bonds. The smallest absolute Gasteiger partial charge is 0.251 e. The van der Waals surface area contributed by atoms with Crippen molar-refractivity contribution >= 4 is 30.7 Å². The molecule has 1 aromatic rings. The fraction of sp³-hybridized carbons (Fsp3) is 0.733. The summed E-state index contributed by atoms with van der Waals surface area (Å²) in [4.78, 5) is 14.4. The number of nitrogens with zero attached hydrogens (tertiary/aromatic N) is 3. The van der Waals surface area contributed by atoms with Gasteiger partial charge in [-0.1, -0.05) is 0 Å². The third-order valence-corrected chi connectivity index (χ3v) is 4.73. The molecule has 0 spiro atoms. The zero-order valence-electron chi connectivity index (χ0n) is 13.4. The summed E-state index contributed by atoms with van der Waals surface area (Å²) in [6.07, 6.45) is 5.33. The molecule has 2 aliphatic heterocycles. The van der Waals surface area contributed by atoms with Crippen molar-refractivity contribution in [3.05, 3.63) is 18.0 Å². The van der Waals surface area contributed by atoms with Crippen molar-refractivity contribution in [2.24, 2.45) is 12.8 Å². The fourth-order valence-electron chi connectivity index (χ4n) is 3.44. The van der Waals surface area contributed by atoms with Crippen LogP contribution in [0.25, 0.3) is 0 Å². The molecule has 0 unspecified atom stereocenters. The van der Waals surface area contributed by atoms with E-state index in [0.717, 1.165) is 38.8 Å². The number of aromatic nitrogens is 2. The number of aryl methyl sites for hydroxylation is 1. The van der Waals surface area contributed by atoms with Gasteiger partial charge in [0.1, 0.15) is 6.10 Å². The number of halogens is 2. The molecule has 6 nitrogen and oxygen atoms in total. The average molecular weight is 365 g/mol. The van der Waals surface area contributed by atoms with Crippen LogP contribution in [0.2, 0.25) is 0 Å². The van der Waals surface area contributed by atoms with E-state index in [2.05, 4.69) is 11.2 Å². The number of hydrogen-bond acceptors (Lipinski definition) is 4. The maximum absolute atomic E-state index is 12.5. The lowest BCUT2D eigenvalue weighted by Gasteiger charge is -2.33. The van der Waals surface area contributed by atoms with E-state index in [4.69, 9.17) is 10.5 Å². The molecule has 1 aromatic heterocycles. The second-order valence-corrected chi connectivity index (χ2v) is 6.04. The summed E-state index contributed by atoms with van der Waals surface area (Å²) >= 11 is 0. The second-order valence-electron chi connectivity index (χ2n) is 6.04. The summed E-state index contributed by atoms with van der Waals surface area (Å²) < 4.78 is 7.65. The van der Waals surface area contributed by atoms with Crippen molar-refractivity contribution in [2.45, 2.75) is 43.8 Å². The standard InChI is InChI=1S/C15H24N4O2.2ClH/c1-18-13(4-7-17-18)11-5-8-19(9-6-11)15(20)14-3-2-12(10-16)21-14;;/h4,7,11-12,14H,2-3,5-6,8-10,16H2,1H3;2*1H/t12-,14+;;/m1../s1. The predicted octanol–water partition coefficient (Wildman–Crippen LogP) is 1.48. The quantitative estimate of drug-likeness (QED) is 0.881. The number of piperidine rings is 1. The molecule has 2 N–H and O–H groups in total. The highest BCUT2D eigenvalue weighted by Gasteiger charge is 2.34. The van der Waals surface area contributed by atoms with Crippen LogP contribution in [-0.2, 0) is 16.6 Å². The Bertz CT molecular complexity index is 503. The maximum Gasteiger partial charge on any atom is 0.251 e. The molecular formula is C15H26Cl2N4O2. The van der Waals surface area contributed by atoms with Crippen LogP contribution in [0.15, 0.2) is 12.3 Å². The maximum atomic E-state index is 12.5. The summed E-state index contributed by atoms with van der Waals surface area (Å²) in [7, 11) is 1.98. The minimum absolute atomic E-state index is 0. The third-order valence-electron chi connectivity index (χ3n) is 4.73. The molecule has 2 atom stereocenters. The van der Waals surface area contributed by atoms with Gasteiger partial charge < -0.3 is 15.4 Å². The largest absolute Gasteiger partial charge is 0.364 e. The molecular weight excluding hydrogens is 339 g/mol. The van der Waals surface area contributed by atoms with Gasteiger partial charge in [0.25, 0.3) is 5.91 Å². The molecule has 2 fully saturated rings. The van der Waals surface area contributed by atoms with Crippen LogP contribution in [0.5, 0.6) is 0 Å². The van der Waals surface area contributed by atoms with E-state index >= 15 is 0 Å². The Morgan fingerprint density at radius 1 is 1.30 bits per heavy atom. The number of carbonyl (C=O) groups is 1. The zero-order chi connectivity index (χ0) is 14.8. The summed E-state index contributed by atoms with van der Waals surface area (Å²) in [6.45, 7) is 2.12. The summed E-state index contributed by atoms with van der Waals surface area (Å²) in [5.74, 6) is 0.650. The molecule has 23 heavy (non-hydrogen) atoms. The molecule has 3 heterocycles. The lowest BCUT2D eigenvalue weighted by molar-refractivity contribution is -0.143.